The Balaban J connectivity index is 2.30. The monoisotopic (exact) mass is 291 g/mol. The first-order chi connectivity index (χ1) is 10.5. The first kappa shape index (κ1) is 14.8. The second-order valence-corrected chi connectivity index (χ2v) is 4.32. The van der Waals surface area contributed by atoms with Gasteiger partial charge in [-0.3, -0.25) is 4.79 Å². The molecule has 0 aliphatic rings. The standard InChI is InChI=1S/C16H9N3O3/c17-8-10-1-4-12(5-2-10)15(20)19-14-6-3-11(9-18)7-13(14)16(21)22/h1-7H,(H,19,20)(H,21,22). The van der Waals surface area contributed by atoms with Crippen molar-refractivity contribution in [1.82, 2.24) is 0 Å². The Hall–Kier alpha value is -3.64. The zero-order valence-electron chi connectivity index (χ0n) is 11.2. The van der Waals surface area contributed by atoms with Gasteiger partial charge in [0, 0.05) is 5.56 Å². The molecule has 0 unspecified atom stereocenters. The van der Waals surface area contributed by atoms with Crippen LogP contribution in [0.4, 0.5) is 5.69 Å². The molecule has 22 heavy (non-hydrogen) atoms. The van der Waals surface area contributed by atoms with Crippen molar-refractivity contribution in [2.24, 2.45) is 0 Å². The summed E-state index contributed by atoms with van der Waals surface area (Å²) in [6.45, 7) is 0. The molecule has 0 aliphatic carbocycles. The van der Waals surface area contributed by atoms with Crippen molar-refractivity contribution in [3.05, 3.63) is 64.7 Å². The van der Waals surface area contributed by atoms with Gasteiger partial charge in [-0.05, 0) is 42.5 Å². The lowest BCUT2D eigenvalue weighted by molar-refractivity contribution is 0.0698. The molecule has 0 bridgehead atoms. The van der Waals surface area contributed by atoms with E-state index in [1.807, 2.05) is 12.1 Å². The molecule has 2 aromatic carbocycles. The fourth-order valence-electron chi connectivity index (χ4n) is 1.79. The Morgan fingerprint density at radius 2 is 1.55 bits per heavy atom. The van der Waals surface area contributed by atoms with Crippen molar-refractivity contribution in [3.8, 4) is 12.1 Å². The van der Waals surface area contributed by atoms with Gasteiger partial charge in [-0.15, -0.1) is 0 Å². The molecule has 2 rings (SSSR count). The molecular weight excluding hydrogens is 282 g/mol. The van der Waals surface area contributed by atoms with Gasteiger partial charge in [0.2, 0.25) is 0 Å². The zero-order chi connectivity index (χ0) is 16.1. The Bertz CT molecular complexity index is 827. The van der Waals surface area contributed by atoms with Crippen LogP contribution in [0.3, 0.4) is 0 Å². The number of carboxylic acids is 1. The molecule has 0 aromatic heterocycles. The molecule has 0 aliphatic heterocycles. The highest BCUT2D eigenvalue weighted by atomic mass is 16.4. The van der Waals surface area contributed by atoms with Gasteiger partial charge in [0.15, 0.2) is 0 Å². The second kappa shape index (κ2) is 6.21. The van der Waals surface area contributed by atoms with Crippen LogP contribution in [0.25, 0.3) is 0 Å². The van der Waals surface area contributed by atoms with Gasteiger partial charge in [0.05, 0.1) is 34.5 Å². The lowest BCUT2D eigenvalue weighted by Gasteiger charge is -2.09. The summed E-state index contributed by atoms with van der Waals surface area (Å²) in [5.74, 6) is -1.75. The summed E-state index contributed by atoms with van der Waals surface area (Å²) < 4.78 is 0. The Morgan fingerprint density at radius 1 is 0.955 bits per heavy atom. The summed E-state index contributed by atoms with van der Waals surface area (Å²) in [5, 5.41) is 29.1. The Morgan fingerprint density at radius 3 is 2.09 bits per heavy atom. The molecule has 0 saturated heterocycles. The van der Waals surface area contributed by atoms with Gasteiger partial charge in [0.25, 0.3) is 5.91 Å². The van der Waals surface area contributed by atoms with E-state index in [2.05, 4.69) is 5.32 Å². The predicted molar refractivity (Wildman–Crippen MR) is 77.2 cm³/mol. The number of aromatic carboxylic acids is 1. The molecule has 106 valence electrons. The smallest absolute Gasteiger partial charge is 0.337 e. The lowest BCUT2D eigenvalue weighted by atomic mass is 10.1. The number of rotatable bonds is 3. The second-order valence-electron chi connectivity index (χ2n) is 4.32. The van der Waals surface area contributed by atoms with Crippen LogP contribution in [0.2, 0.25) is 0 Å². The minimum Gasteiger partial charge on any atom is -0.478 e. The van der Waals surface area contributed by atoms with E-state index >= 15 is 0 Å². The van der Waals surface area contributed by atoms with Gasteiger partial charge in [-0.1, -0.05) is 0 Å². The van der Waals surface area contributed by atoms with Gasteiger partial charge in [-0.25, -0.2) is 4.79 Å². The minimum absolute atomic E-state index is 0.0980. The van der Waals surface area contributed by atoms with E-state index in [9.17, 15) is 9.59 Å². The van der Waals surface area contributed by atoms with Crippen LogP contribution in [0.15, 0.2) is 42.5 Å². The molecule has 2 aromatic rings. The summed E-state index contributed by atoms with van der Waals surface area (Å²) in [7, 11) is 0. The Kier molecular flexibility index (Phi) is 4.17. The molecule has 1 amide bonds. The number of carboxylic acid groups (broad SMARTS) is 1. The summed E-state index contributed by atoms with van der Waals surface area (Å²) in [4.78, 5) is 23.3. The summed E-state index contributed by atoms with van der Waals surface area (Å²) >= 11 is 0. The van der Waals surface area contributed by atoms with E-state index in [0.29, 0.717) is 11.1 Å². The number of carbonyl (C=O) groups excluding carboxylic acids is 1. The van der Waals surface area contributed by atoms with Crippen LogP contribution in [0, 0.1) is 22.7 Å². The normalized spacial score (nSPS) is 9.36. The fraction of sp³-hybridized carbons (Fsp3) is 0. The summed E-state index contributed by atoms with van der Waals surface area (Å²) in [5.41, 5.74) is 0.830. The third-order valence-electron chi connectivity index (χ3n) is 2.90. The first-order valence-corrected chi connectivity index (χ1v) is 6.14. The minimum atomic E-state index is -1.24. The molecule has 0 radical (unpaired) electrons. The first-order valence-electron chi connectivity index (χ1n) is 6.14. The maximum atomic E-state index is 12.1. The van der Waals surface area contributed by atoms with Crippen LogP contribution >= 0.6 is 0 Å². The van der Waals surface area contributed by atoms with E-state index in [1.165, 1.54) is 42.5 Å². The quantitative estimate of drug-likeness (QED) is 0.901. The molecule has 0 spiro atoms. The maximum Gasteiger partial charge on any atom is 0.337 e. The summed E-state index contributed by atoms with van der Waals surface area (Å²) in [6.07, 6.45) is 0. The van der Waals surface area contributed by atoms with Crippen molar-refractivity contribution in [1.29, 1.82) is 10.5 Å². The van der Waals surface area contributed by atoms with Crippen molar-refractivity contribution in [2.75, 3.05) is 5.32 Å². The highest BCUT2D eigenvalue weighted by Crippen LogP contribution is 2.18. The van der Waals surface area contributed by atoms with Gasteiger partial charge in [-0.2, -0.15) is 10.5 Å². The summed E-state index contributed by atoms with van der Waals surface area (Å²) in [6, 6.07) is 13.7. The van der Waals surface area contributed by atoms with Crippen LogP contribution in [-0.4, -0.2) is 17.0 Å². The van der Waals surface area contributed by atoms with Crippen molar-refractivity contribution in [3.63, 3.8) is 0 Å². The van der Waals surface area contributed by atoms with Crippen LogP contribution in [0.1, 0.15) is 31.8 Å². The van der Waals surface area contributed by atoms with Crippen LogP contribution in [-0.2, 0) is 0 Å². The lowest BCUT2D eigenvalue weighted by Crippen LogP contribution is -2.15. The SMILES string of the molecule is N#Cc1ccc(C(=O)Nc2ccc(C#N)cc2C(=O)O)cc1. The highest BCUT2D eigenvalue weighted by Gasteiger charge is 2.14. The number of nitrogens with zero attached hydrogens (tertiary/aromatic N) is 2. The fourth-order valence-corrected chi connectivity index (χ4v) is 1.79. The van der Waals surface area contributed by atoms with Gasteiger partial charge >= 0.3 is 5.97 Å². The van der Waals surface area contributed by atoms with Gasteiger partial charge in [0.1, 0.15) is 0 Å². The molecule has 0 fully saturated rings. The van der Waals surface area contributed by atoms with Crippen molar-refractivity contribution < 1.29 is 14.7 Å². The van der Waals surface area contributed by atoms with E-state index in [0.717, 1.165) is 0 Å². The number of nitrogens with one attached hydrogen (secondary N) is 1. The molecule has 6 nitrogen and oxygen atoms in total. The van der Waals surface area contributed by atoms with Crippen molar-refractivity contribution >= 4 is 17.6 Å². The number of benzene rings is 2. The van der Waals surface area contributed by atoms with E-state index in [1.54, 1.807) is 0 Å². The largest absolute Gasteiger partial charge is 0.478 e. The van der Waals surface area contributed by atoms with Crippen LogP contribution < -0.4 is 5.32 Å². The van der Waals surface area contributed by atoms with Crippen LogP contribution in [0.5, 0.6) is 0 Å². The maximum absolute atomic E-state index is 12.1. The van der Waals surface area contributed by atoms with Gasteiger partial charge < -0.3 is 10.4 Å². The van der Waals surface area contributed by atoms with E-state index in [-0.39, 0.29) is 16.8 Å². The van der Waals surface area contributed by atoms with Crippen molar-refractivity contribution in [2.45, 2.75) is 0 Å². The topological polar surface area (TPSA) is 114 Å². The molecular formula is C16H9N3O3. The third kappa shape index (κ3) is 3.09. The zero-order valence-corrected chi connectivity index (χ0v) is 11.2. The third-order valence-corrected chi connectivity index (χ3v) is 2.90. The number of amides is 1. The number of anilines is 1. The number of nitriles is 2. The number of carbonyl (C=O) groups is 2. The Labute approximate surface area is 125 Å². The van der Waals surface area contributed by atoms with E-state index < -0.39 is 11.9 Å². The number of hydrogen-bond donors (Lipinski definition) is 2. The molecule has 0 heterocycles. The average Bonchev–Trinajstić information content (AvgIpc) is 2.55. The number of hydrogen-bond acceptors (Lipinski definition) is 4. The molecule has 2 N–H and O–H groups in total. The molecule has 6 heteroatoms. The molecule has 0 atom stereocenters. The average molecular weight is 291 g/mol. The predicted octanol–water partition coefficient (Wildman–Crippen LogP) is 2.38. The molecule has 0 saturated carbocycles. The highest BCUT2D eigenvalue weighted by molar-refractivity contribution is 6.07. The van der Waals surface area contributed by atoms with E-state index in [4.69, 9.17) is 15.6 Å².